The topological polar surface area (TPSA) is 70.7 Å². The fourth-order valence-corrected chi connectivity index (χ4v) is 3.49. The highest BCUT2D eigenvalue weighted by molar-refractivity contribution is 6.08. The van der Waals surface area contributed by atoms with E-state index in [-0.39, 0.29) is 18.2 Å². The van der Waals surface area contributed by atoms with Crippen LogP contribution >= 0.6 is 0 Å². The number of benzene rings is 2. The largest absolute Gasteiger partial charge is 0.495 e. The van der Waals surface area contributed by atoms with E-state index >= 15 is 0 Å². The number of rotatable bonds is 6. The molecule has 2 N–H and O–H groups in total. The van der Waals surface area contributed by atoms with E-state index in [0.29, 0.717) is 17.1 Å². The molecule has 2 aromatic rings. The van der Waals surface area contributed by atoms with Gasteiger partial charge < -0.3 is 20.3 Å². The van der Waals surface area contributed by atoms with Gasteiger partial charge in [0.05, 0.1) is 12.8 Å². The van der Waals surface area contributed by atoms with E-state index in [4.69, 9.17) is 4.74 Å². The molecule has 2 aromatic carbocycles. The quantitative estimate of drug-likeness (QED) is 0.719. The van der Waals surface area contributed by atoms with Gasteiger partial charge in [0.15, 0.2) is 0 Å². The number of anilines is 3. The maximum atomic E-state index is 12.2. The van der Waals surface area contributed by atoms with Crippen LogP contribution in [0.25, 0.3) is 0 Å². The second-order valence-corrected chi connectivity index (χ2v) is 7.69. The number of nitrogens with one attached hydrogen (secondary N) is 2. The van der Waals surface area contributed by atoms with Gasteiger partial charge in [0.2, 0.25) is 11.8 Å². The molecule has 1 saturated heterocycles. The molecule has 0 spiro atoms. The number of methoxy groups -OCH3 is 1. The number of piperidine rings is 1. The van der Waals surface area contributed by atoms with E-state index < -0.39 is 0 Å². The highest BCUT2D eigenvalue weighted by atomic mass is 16.5. The molecule has 1 aliphatic heterocycles. The van der Waals surface area contributed by atoms with Crippen molar-refractivity contribution in [2.24, 2.45) is 5.92 Å². The van der Waals surface area contributed by atoms with Gasteiger partial charge in [-0.2, -0.15) is 0 Å². The lowest BCUT2D eigenvalue weighted by Crippen LogP contribution is -2.32. The zero-order chi connectivity index (χ0) is 20.8. The molecule has 0 aromatic heterocycles. The first kappa shape index (κ1) is 20.7. The Morgan fingerprint density at radius 2 is 1.69 bits per heavy atom. The minimum absolute atomic E-state index is 0.261. The van der Waals surface area contributed by atoms with E-state index in [2.05, 4.69) is 22.5 Å². The normalized spacial score (nSPS) is 14.4. The summed E-state index contributed by atoms with van der Waals surface area (Å²) in [5.74, 6) is 0.613. The molecule has 0 saturated carbocycles. The number of ether oxygens (including phenoxy) is 1. The SMILES string of the molecule is COc1ccc(C)cc1NC(=O)CC(=O)Nc1ccc(N2CCC(C)CC2)cc1. The van der Waals surface area contributed by atoms with Crippen molar-refractivity contribution in [1.29, 1.82) is 0 Å². The third-order valence-corrected chi connectivity index (χ3v) is 5.25. The molecule has 154 valence electrons. The molecule has 29 heavy (non-hydrogen) atoms. The molecule has 1 fully saturated rings. The molecule has 1 heterocycles. The van der Waals surface area contributed by atoms with Crippen LogP contribution in [0.5, 0.6) is 5.75 Å². The second kappa shape index (κ2) is 9.45. The molecule has 0 unspecified atom stereocenters. The highest BCUT2D eigenvalue weighted by Gasteiger charge is 2.16. The minimum atomic E-state index is -0.384. The number of carbonyl (C=O) groups is 2. The van der Waals surface area contributed by atoms with E-state index in [1.807, 2.05) is 43.3 Å². The molecule has 1 aliphatic rings. The van der Waals surface area contributed by atoms with Crippen molar-refractivity contribution in [3.8, 4) is 5.75 Å². The van der Waals surface area contributed by atoms with Gasteiger partial charge >= 0.3 is 0 Å². The summed E-state index contributed by atoms with van der Waals surface area (Å²) >= 11 is 0. The van der Waals surface area contributed by atoms with E-state index in [0.717, 1.165) is 24.6 Å². The molecule has 6 nitrogen and oxygen atoms in total. The number of hydrogen-bond donors (Lipinski definition) is 2. The first-order valence-electron chi connectivity index (χ1n) is 10.0. The van der Waals surface area contributed by atoms with Gasteiger partial charge in [-0.3, -0.25) is 9.59 Å². The summed E-state index contributed by atoms with van der Waals surface area (Å²) < 4.78 is 5.25. The van der Waals surface area contributed by atoms with Gasteiger partial charge in [0.1, 0.15) is 12.2 Å². The lowest BCUT2D eigenvalue weighted by Gasteiger charge is -2.32. The molecule has 3 rings (SSSR count). The Bertz CT molecular complexity index is 856. The monoisotopic (exact) mass is 395 g/mol. The lowest BCUT2D eigenvalue weighted by atomic mass is 9.99. The standard InChI is InChI=1S/C23H29N3O3/c1-16-10-12-26(13-11-16)19-7-5-18(6-8-19)24-22(27)15-23(28)25-20-14-17(2)4-9-21(20)29-3/h4-9,14,16H,10-13,15H2,1-3H3,(H,24,27)(H,25,28). The zero-order valence-electron chi connectivity index (χ0n) is 17.3. The summed E-state index contributed by atoms with van der Waals surface area (Å²) in [4.78, 5) is 26.9. The number of nitrogens with zero attached hydrogens (tertiary/aromatic N) is 1. The zero-order valence-corrected chi connectivity index (χ0v) is 17.3. The summed E-state index contributed by atoms with van der Waals surface area (Å²) in [7, 11) is 1.54. The Hall–Kier alpha value is -3.02. The average molecular weight is 396 g/mol. The first-order chi connectivity index (χ1) is 13.9. The van der Waals surface area contributed by atoms with Crippen LogP contribution in [-0.2, 0) is 9.59 Å². The predicted octanol–water partition coefficient (Wildman–Crippen LogP) is 4.21. The van der Waals surface area contributed by atoms with Gasteiger partial charge in [-0.1, -0.05) is 13.0 Å². The van der Waals surface area contributed by atoms with Gasteiger partial charge in [-0.25, -0.2) is 0 Å². The Morgan fingerprint density at radius 3 is 2.34 bits per heavy atom. The molecular weight excluding hydrogens is 366 g/mol. The number of hydrogen-bond acceptors (Lipinski definition) is 4. The van der Waals surface area contributed by atoms with Crippen molar-refractivity contribution in [3.05, 3.63) is 48.0 Å². The highest BCUT2D eigenvalue weighted by Crippen LogP contribution is 2.26. The maximum Gasteiger partial charge on any atom is 0.233 e. The van der Waals surface area contributed by atoms with E-state index in [9.17, 15) is 9.59 Å². The van der Waals surface area contributed by atoms with Crippen LogP contribution in [0, 0.1) is 12.8 Å². The summed E-state index contributed by atoms with van der Waals surface area (Å²) in [6, 6.07) is 13.3. The Morgan fingerprint density at radius 1 is 1.03 bits per heavy atom. The maximum absolute atomic E-state index is 12.2. The van der Waals surface area contributed by atoms with Crippen molar-refractivity contribution >= 4 is 28.9 Å². The first-order valence-corrected chi connectivity index (χ1v) is 10.0. The molecule has 0 aliphatic carbocycles. The smallest absolute Gasteiger partial charge is 0.233 e. The fourth-order valence-electron chi connectivity index (χ4n) is 3.49. The summed E-state index contributed by atoms with van der Waals surface area (Å²) in [5, 5.41) is 5.53. The Balaban J connectivity index is 1.52. The molecule has 2 amide bonds. The minimum Gasteiger partial charge on any atom is -0.495 e. The van der Waals surface area contributed by atoms with Gasteiger partial charge in [0.25, 0.3) is 0 Å². The average Bonchev–Trinajstić information content (AvgIpc) is 2.69. The van der Waals surface area contributed by atoms with Crippen molar-refractivity contribution in [2.45, 2.75) is 33.1 Å². The van der Waals surface area contributed by atoms with Crippen LogP contribution < -0.4 is 20.3 Å². The number of carbonyl (C=O) groups excluding carboxylic acids is 2. The van der Waals surface area contributed by atoms with Crippen LogP contribution in [0.4, 0.5) is 17.1 Å². The fraction of sp³-hybridized carbons (Fsp3) is 0.391. The van der Waals surface area contributed by atoms with E-state index in [1.165, 1.54) is 18.5 Å². The van der Waals surface area contributed by atoms with Gasteiger partial charge in [0, 0.05) is 24.5 Å². The number of amides is 2. The third-order valence-electron chi connectivity index (χ3n) is 5.25. The van der Waals surface area contributed by atoms with Crippen LogP contribution in [-0.4, -0.2) is 32.0 Å². The molecule has 6 heteroatoms. The molecule has 0 atom stereocenters. The van der Waals surface area contributed by atoms with Crippen molar-refractivity contribution in [1.82, 2.24) is 0 Å². The second-order valence-electron chi connectivity index (χ2n) is 7.69. The van der Waals surface area contributed by atoms with Crippen molar-refractivity contribution < 1.29 is 14.3 Å². The Labute approximate surface area is 172 Å². The molecule has 0 radical (unpaired) electrons. The van der Waals surface area contributed by atoms with Crippen LogP contribution in [0.3, 0.4) is 0 Å². The molecular formula is C23H29N3O3. The van der Waals surface area contributed by atoms with E-state index in [1.54, 1.807) is 13.2 Å². The number of aryl methyl sites for hydroxylation is 1. The lowest BCUT2D eigenvalue weighted by molar-refractivity contribution is -0.123. The Kier molecular flexibility index (Phi) is 6.75. The summed E-state index contributed by atoms with van der Waals surface area (Å²) in [6.45, 7) is 6.35. The van der Waals surface area contributed by atoms with Crippen molar-refractivity contribution in [3.63, 3.8) is 0 Å². The van der Waals surface area contributed by atoms with Crippen LogP contribution in [0.15, 0.2) is 42.5 Å². The van der Waals surface area contributed by atoms with Gasteiger partial charge in [-0.15, -0.1) is 0 Å². The third kappa shape index (κ3) is 5.73. The van der Waals surface area contributed by atoms with Gasteiger partial charge in [-0.05, 0) is 67.6 Å². The van der Waals surface area contributed by atoms with Crippen LogP contribution in [0.1, 0.15) is 31.7 Å². The van der Waals surface area contributed by atoms with Crippen LogP contribution in [0.2, 0.25) is 0 Å². The molecule has 0 bridgehead atoms. The van der Waals surface area contributed by atoms with Crippen molar-refractivity contribution in [2.75, 3.05) is 35.7 Å². The summed E-state index contributed by atoms with van der Waals surface area (Å²) in [6.07, 6.45) is 2.15. The predicted molar refractivity (Wildman–Crippen MR) is 117 cm³/mol. The summed E-state index contributed by atoms with van der Waals surface area (Å²) in [5.41, 5.74) is 3.41.